The lowest BCUT2D eigenvalue weighted by Gasteiger charge is -2.02. The summed E-state index contributed by atoms with van der Waals surface area (Å²) in [5, 5.41) is 0. The minimum atomic E-state index is -0.665. The van der Waals surface area contributed by atoms with Gasteiger partial charge in [0.25, 0.3) is 0 Å². The van der Waals surface area contributed by atoms with Gasteiger partial charge < -0.3 is 9.57 Å². The second-order valence-electron chi connectivity index (χ2n) is 3.15. The van der Waals surface area contributed by atoms with Gasteiger partial charge in [-0.2, -0.15) is 5.90 Å². The molecule has 0 radical (unpaired) electrons. The Bertz CT molecular complexity index is 372. The van der Waals surface area contributed by atoms with E-state index in [-0.39, 0.29) is 12.0 Å². The van der Waals surface area contributed by atoms with Crippen molar-refractivity contribution < 1.29 is 19.2 Å². The normalized spacial score (nSPS) is 9.62. The second kappa shape index (κ2) is 5.87. The highest BCUT2D eigenvalue weighted by molar-refractivity contribution is 5.96. The molecule has 1 aromatic carbocycles. The van der Waals surface area contributed by atoms with Gasteiger partial charge in [0.2, 0.25) is 0 Å². The number of rotatable bonds is 4. The quantitative estimate of drug-likeness (QED) is 0.474. The fourth-order valence-electron chi connectivity index (χ4n) is 1.09. The van der Waals surface area contributed by atoms with Crippen LogP contribution >= 0.6 is 0 Å². The number of nitrogens with two attached hydrogens (primary N) is 1. The second-order valence-corrected chi connectivity index (χ2v) is 3.15. The van der Waals surface area contributed by atoms with Crippen LogP contribution in [-0.4, -0.2) is 11.9 Å². The zero-order valence-corrected chi connectivity index (χ0v) is 8.93. The van der Waals surface area contributed by atoms with Crippen molar-refractivity contribution in [3.63, 3.8) is 0 Å². The van der Waals surface area contributed by atoms with E-state index in [1.54, 1.807) is 0 Å². The van der Waals surface area contributed by atoms with Gasteiger partial charge in [0.15, 0.2) is 0 Å². The molecule has 0 unspecified atom stereocenters. The SMILES string of the molecule is CCCC(=O)OC(=O)c1ccc(ON)cc1. The highest BCUT2D eigenvalue weighted by atomic mass is 16.6. The predicted molar refractivity (Wildman–Crippen MR) is 56.6 cm³/mol. The largest absolute Gasteiger partial charge is 0.412 e. The van der Waals surface area contributed by atoms with E-state index in [4.69, 9.17) is 5.90 Å². The molecule has 16 heavy (non-hydrogen) atoms. The van der Waals surface area contributed by atoms with E-state index in [9.17, 15) is 9.59 Å². The Morgan fingerprint density at radius 1 is 1.25 bits per heavy atom. The maximum absolute atomic E-state index is 11.4. The molecule has 2 N–H and O–H groups in total. The molecule has 1 aromatic rings. The summed E-state index contributed by atoms with van der Waals surface area (Å²) in [4.78, 5) is 26.9. The van der Waals surface area contributed by atoms with Crippen molar-refractivity contribution in [2.24, 2.45) is 5.90 Å². The average Bonchev–Trinajstić information content (AvgIpc) is 2.29. The van der Waals surface area contributed by atoms with Crippen LogP contribution in [-0.2, 0) is 9.53 Å². The lowest BCUT2D eigenvalue weighted by molar-refractivity contribution is -0.137. The van der Waals surface area contributed by atoms with Crippen LogP contribution in [0.2, 0.25) is 0 Å². The Kier molecular flexibility index (Phi) is 4.47. The van der Waals surface area contributed by atoms with Gasteiger partial charge in [-0.05, 0) is 30.7 Å². The summed E-state index contributed by atoms with van der Waals surface area (Å²) >= 11 is 0. The smallest absolute Gasteiger partial charge is 0.345 e. The summed E-state index contributed by atoms with van der Waals surface area (Å²) in [7, 11) is 0. The number of carbonyl (C=O) groups is 2. The molecule has 0 aliphatic rings. The van der Waals surface area contributed by atoms with Gasteiger partial charge >= 0.3 is 11.9 Å². The van der Waals surface area contributed by atoms with Crippen LogP contribution < -0.4 is 10.7 Å². The molecule has 0 atom stereocenters. The van der Waals surface area contributed by atoms with Gasteiger partial charge in [-0.15, -0.1) is 0 Å². The third-order valence-corrected chi connectivity index (χ3v) is 1.89. The zero-order valence-electron chi connectivity index (χ0n) is 8.93. The van der Waals surface area contributed by atoms with Crippen molar-refractivity contribution in [3.05, 3.63) is 29.8 Å². The van der Waals surface area contributed by atoms with Gasteiger partial charge in [0.05, 0.1) is 5.56 Å². The summed E-state index contributed by atoms with van der Waals surface area (Å²) < 4.78 is 4.60. The van der Waals surface area contributed by atoms with Crippen LogP contribution in [0.1, 0.15) is 30.1 Å². The molecule has 0 aromatic heterocycles. The Labute approximate surface area is 93.1 Å². The standard InChI is InChI=1S/C11H13NO4/c1-2-3-10(13)15-11(14)8-4-6-9(16-12)7-5-8/h4-7H,2-3,12H2,1H3. The van der Waals surface area contributed by atoms with Gasteiger partial charge in [-0.25, -0.2) is 4.79 Å². The Balaban J connectivity index is 2.62. The molecule has 0 bridgehead atoms. The molecule has 86 valence electrons. The first-order valence-electron chi connectivity index (χ1n) is 4.89. The van der Waals surface area contributed by atoms with E-state index in [1.165, 1.54) is 24.3 Å². The molecule has 1 rings (SSSR count). The summed E-state index contributed by atoms with van der Waals surface area (Å²) in [6, 6.07) is 5.98. The molecule has 0 heterocycles. The lowest BCUT2D eigenvalue weighted by Crippen LogP contribution is -2.12. The van der Waals surface area contributed by atoms with Crippen LogP contribution in [0.3, 0.4) is 0 Å². The number of esters is 2. The number of ether oxygens (including phenoxy) is 1. The minimum absolute atomic E-state index is 0.232. The molecule has 0 aliphatic heterocycles. The zero-order chi connectivity index (χ0) is 12.0. The van der Waals surface area contributed by atoms with E-state index in [0.717, 1.165) is 0 Å². The molecule has 0 spiro atoms. The highest BCUT2D eigenvalue weighted by Crippen LogP contribution is 2.11. The molecule has 0 fully saturated rings. The predicted octanol–water partition coefficient (Wildman–Crippen LogP) is 1.42. The Hall–Kier alpha value is -1.88. The van der Waals surface area contributed by atoms with E-state index in [0.29, 0.717) is 12.2 Å². The number of benzene rings is 1. The summed E-state index contributed by atoms with van der Waals surface area (Å²) in [5.74, 6) is 4.17. The molecule has 0 saturated heterocycles. The fourth-order valence-corrected chi connectivity index (χ4v) is 1.09. The third kappa shape index (κ3) is 3.36. The maximum Gasteiger partial charge on any atom is 0.345 e. The third-order valence-electron chi connectivity index (χ3n) is 1.89. The Morgan fingerprint density at radius 2 is 1.88 bits per heavy atom. The average molecular weight is 223 g/mol. The minimum Gasteiger partial charge on any atom is -0.412 e. The summed E-state index contributed by atoms with van der Waals surface area (Å²) in [5.41, 5.74) is 0.283. The first-order chi connectivity index (χ1) is 7.67. The van der Waals surface area contributed by atoms with E-state index in [1.807, 2.05) is 6.92 Å². The molecule has 0 saturated carbocycles. The fraction of sp³-hybridized carbons (Fsp3) is 0.273. The van der Waals surface area contributed by atoms with Crippen molar-refractivity contribution in [2.45, 2.75) is 19.8 Å². The van der Waals surface area contributed by atoms with Crippen molar-refractivity contribution in [3.8, 4) is 5.75 Å². The molecular formula is C11H13NO4. The van der Waals surface area contributed by atoms with Crippen LogP contribution in [0.5, 0.6) is 5.75 Å². The van der Waals surface area contributed by atoms with Gasteiger partial charge in [-0.3, -0.25) is 4.79 Å². The number of carbonyl (C=O) groups excluding carboxylic acids is 2. The summed E-state index contributed by atoms with van der Waals surface area (Å²) in [6.45, 7) is 1.83. The van der Waals surface area contributed by atoms with Crippen molar-refractivity contribution in [1.29, 1.82) is 0 Å². The highest BCUT2D eigenvalue weighted by Gasteiger charge is 2.11. The van der Waals surface area contributed by atoms with Gasteiger partial charge in [0, 0.05) is 6.42 Å². The van der Waals surface area contributed by atoms with Gasteiger partial charge in [-0.1, -0.05) is 6.92 Å². The first kappa shape index (κ1) is 12.2. The number of hydrogen-bond donors (Lipinski definition) is 1. The van der Waals surface area contributed by atoms with Crippen molar-refractivity contribution >= 4 is 11.9 Å². The molecule has 5 nitrogen and oxygen atoms in total. The van der Waals surface area contributed by atoms with Crippen LogP contribution in [0.4, 0.5) is 0 Å². The molecular weight excluding hydrogens is 210 g/mol. The molecule has 0 aliphatic carbocycles. The topological polar surface area (TPSA) is 78.6 Å². The van der Waals surface area contributed by atoms with E-state index >= 15 is 0 Å². The maximum atomic E-state index is 11.4. The van der Waals surface area contributed by atoms with E-state index in [2.05, 4.69) is 9.57 Å². The molecule has 5 heteroatoms. The summed E-state index contributed by atoms with van der Waals surface area (Å²) in [6.07, 6.45) is 0.877. The van der Waals surface area contributed by atoms with Crippen LogP contribution in [0.25, 0.3) is 0 Å². The van der Waals surface area contributed by atoms with Crippen LogP contribution in [0, 0.1) is 0 Å². The monoisotopic (exact) mass is 223 g/mol. The van der Waals surface area contributed by atoms with Crippen molar-refractivity contribution in [2.75, 3.05) is 0 Å². The van der Waals surface area contributed by atoms with Gasteiger partial charge in [0.1, 0.15) is 5.75 Å². The molecule has 0 amide bonds. The Morgan fingerprint density at radius 3 is 2.38 bits per heavy atom. The van der Waals surface area contributed by atoms with E-state index < -0.39 is 11.9 Å². The van der Waals surface area contributed by atoms with Crippen LogP contribution in [0.15, 0.2) is 24.3 Å². The first-order valence-corrected chi connectivity index (χ1v) is 4.89. The number of hydrogen-bond acceptors (Lipinski definition) is 5. The van der Waals surface area contributed by atoms with Crippen molar-refractivity contribution in [1.82, 2.24) is 0 Å². The lowest BCUT2D eigenvalue weighted by atomic mass is 10.2.